The molecule has 0 saturated heterocycles. The largest absolute Gasteiger partial charge is 0.468 e. The summed E-state index contributed by atoms with van der Waals surface area (Å²) < 4.78 is 12.0. The molecule has 1 N–H and O–H groups in total. The number of hydrogen-bond donors (Lipinski definition) is 1. The van der Waals surface area contributed by atoms with Gasteiger partial charge in [0.05, 0.1) is 19.4 Å². The Morgan fingerprint density at radius 2 is 2.35 bits per heavy atom. The maximum atomic E-state index is 11.9. The van der Waals surface area contributed by atoms with E-state index in [1.807, 2.05) is 19.1 Å². The first kappa shape index (κ1) is 14.3. The average molecular weight is 277 g/mol. The average Bonchev–Trinajstić information content (AvgIpc) is 2.94. The van der Waals surface area contributed by atoms with E-state index >= 15 is 0 Å². The van der Waals surface area contributed by atoms with Crippen molar-refractivity contribution in [1.29, 1.82) is 0 Å². The summed E-state index contributed by atoms with van der Waals surface area (Å²) in [6.45, 7) is 4.88. The predicted octanol–water partition coefficient (Wildman–Crippen LogP) is 1.50. The summed E-state index contributed by atoms with van der Waals surface area (Å²) in [7, 11) is 1.51. The molecular formula is C14H19N3O3. The van der Waals surface area contributed by atoms with Crippen LogP contribution in [0.2, 0.25) is 0 Å². The van der Waals surface area contributed by atoms with Crippen LogP contribution in [0.3, 0.4) is 0 Å². The number of aromatic nitrogens is 2. The SMILES string of the molecule is COc1nc(C)cc(=O)n1CCNC(C)c1ccco1. The van der Waals surface area contributed by atoms with Crippen LogP contribution in [0.1, 0.15) is 24.4 Å². The molecule has 0 aliphatic rings. The smallest absolute Gasteiger partial charge is 0.299 e. The molecule has 2 rings (SSSR count). The van der Waals surface area contributed by atoms with E-state index in [4.69, 9.17) is 9.15 Å². The number of nitrogens with one attached hydrogen (secondary N) is 1. The fraction of sp³-hybridized carbons (Fsp3) is 0.429. The number of furan rings is 1. The number of hydrogen-bond acceptors (Lipinski definition) is 5. The zero-order valence-electron chi connectivity index (χ0n) is 11.9. The van der Waals surface area contributed by atoms with E-state index in [-0.39, 0.29) is 11.6 Å². The Balaban J connectivity index is 1.99. The summed E-state index contributed by atoms with van der Waals surface area (Å²) in [5.74, 6) is 0.867. The molecule has 2 aromatic heterocycles. The molecule has 0 amide bonds. The quantitative estimate of drug-likeness (QED) is 0.866. The van der Waals surface area contributed by atoms with Crippen LogP contribution in [-0.4, -0.2) is 23.2 Å². The van der Waals surface area contributed by atoms with Crippen molar-refractivity contribution in [3.63, 3.8) is 0 Å². The highest BCUT2D eigenvalue weighted by Gasteiger charge is 2.10. The van der Waals surface area contributed by atoms with Gasteiger partial charge in [-0.25, -0.2) is 4.98 Å². The monoisotopic (exact) mass is 277 g/mol. The molecule has 2 aromatic rings. The molecule has 1 atom stereocenters. The van der Waals surface area contributed by atoms with Crippen molar-refractivity contribution in [3.8, 4) is 6.01 Å². The normalized spacial score (nSPS) is 12.3. The third kappa shape index (κ3) is 3.27. The lowest BCUT2D eigenvalue weighted by molar-refractivity contribution is 0.338. The number of rotatable bonds is 6. The first-order valence-electron chi connectivity index (χ1n) is 6.51. The van der Waals surface area contributed by atoms with E-state index in [0.717, 1.165) is 5.76 Å². The van der Waals surface area contributed by atoms with Gasteiger partial charge in [-0.15, -0.1) is 0 Å². The zero-order chi connectivity index (χ0) is 14.5. The van der Waals surface area contributed by atoms with Gasteiger partial charge in [0.15, 0.2) is 0 Å². The molecule has 0 aliphatic carbocycles. The molecule has 0 fully saturated rings. The first-order chi connectivity index (χ1) is 9.61. The molecule has 1 unspecified atom stereocenters. The highest BCUT2D eigenvalue weighted by atomic mass is 16.5. The van der Waals surface area contributed by atoms with E-state index in [0.29, 0.717) is 24.8 Å². The van der Waals surface area contributed by atoms with Crippen LogP contribution in [0.25, 0.3) is 0 Å². The minimum atomic E-state index is -0.109. The highest BCUT2D eigenvalue weighted by Crippen LogP contribution is 2.11. The van der Waals surface area contributed by atoms with Crippen LogP contribution in [0.5, 0.6) is 6.01 Å². The van der Waals surface area contributed by atoms with Gasteiger partial charge >= 0.3 is 0 Å². The molecule has 20 heavy (non-hydrogen) atoms. The minimum Gasteiger partial charge on any atom is -0.468 e. The van der Waals surface area contributed by atoms with Crippen LogP contribution < -0.4 is 15.6 Å². The number of nitrogens with zero attached hydrogens (tertiary/aromatic N) is 2. The van der Waals surface area contributed by atoms with E-state index in [1.54, 1.807) is 13.2 Å². The summed E-state index contributed by atoms with van der Waals surface area (Å²) in [4.78, 5) is 16.1. The molecule has 0 saturated carbocycles. The second-order valence-corrected chi connectivity index (χ2v) is 4.57. The Kier molecular flexibility index (Phi) is 4.57. The van der Waals surface area contributed by atoms with Gasteiger partial charge in [-0.1, -0.05) is 0 Å². The Bertz CT molecular complexity index is 605. The first-order valence-corrected chi connectivity index (χ1v) is 6.51. The van der Waals surface area contributed by atoms with Crippen LogP contribution in [0.15, 0.2) is 33.7 Å². The minimum absolute atomic E-state index is 0.0881. The van der Waals surface area contributed by atoms with Crippen molar-refractivity contribution in [2.45, 2.75) is 26.4 Å². The van der Waals surface area contributed by atoms with Crippen molar-refractivity contribution in [2.75, 3.05) is 13.7 Å². The van der Waals surface area contributed by atoms with Gasteiger partial charge in [-0.05, 0) is 26.0 Å². The van der Waals surface area contributed by atoms with Crippen LogP contribution in [0, 0.1) is 6.92 Å². The van der Waals surface area contributed by atoms with Gasteiger partial charge < -0.3 is 14.5 Å². The summed E-state index contributed by atoms with van der Waals surface area (Å²) in [6.07, 6.45) is 1.64. The second kappa shape index (κ2) is 6.38. The fourth-order valence-electron chi connectivity index (χ4n) is 1.99. The van der Waals surface area contributed by atoms with E-state index in [2.05, 4.69) is 10.3 Å². The lowest BCUT2D eigenvalue weighted by Crippen LogP contribution is -2.29. The van der Waals surface area contributed by atoms with Crippen LogP contribution in [0.4, 0.5) is 0 Å². The van der Waals surface area contributed by atoms with Gasteiger partial charge in [0, 0.05) is 24.8 Å². The maximum absolute atomic E-state index is 11.9. The van der Waals surface area contributed by atoms with E-state index in [9.17, 15) is 4.79 Å². The molecule has 6 heteroatoms. The number of methoxy groups -OCH3 is 1. The van der Waals surface area contributed by atoms with Gasteiger partial charge in [-0.3, -0.25) is 9.36 Å². The third-order valence-corrected chi connectivity index (χ3v) is 3.04. The van der Waals surface area contributed by atoms with Gasteiger partial charge in [0.1, 0.15) is 5.76 Å². The number of ether oxygens (including phenoxy) is 1. The van der Waals surface area contributed by atoms with Crippen molar-refractivity contribution in [1.82, 2.24) is 14.9 Å². The predicted molar refractivity (Wildman–Crippen MR) is 74.9 cm³/mol. The van der Waals surface area contributed by atoms with E-state index < -0.39 is 0 Å². The summed E-state index contributed by atoms with van der Waals surface area (Å²) in [5.41, 5.74) is 0.543. The Labute approximate surface area is 117 Å². The molecule has 0 bridgehead atoms. The third-order valence-electron chi connectivity index (χ3n) is 3.04. The molecule has 0 spiro atoms. The van der Waals surface area contributed by atoms with Gasteiger partial charge in [0.2, 0.25) is 0 Å². The van der Waals surface area contributed by atoms with Crippen molar-refractivity contribution in [3.05, 3.63) is 46.3 Å². The Hall–Kier alpha value is -2.08. The standard InChI is InChI=1S/C14H19N3O3/c1-10-9-13(18)17(14(16-10)19-3)7-6-15-11(2)12-5-4-8-20-12/h4-5,8-9,11,15H,6-7H2,1-3H3. The zero-order valence-corrected chi connectivity index (χ0v) is 11.9. The molecule has 6 nitrogen and oxygen atoms in total. The maximum Gasteiger partial charge on any atom is 0.299 e. The molecule has 0 radical (unpaired) electrons. The Morgan fingerprint density at radius 1 is 1.55 bits per heavy atom. The summed E-state index contributed by atoms with van der Waals surface area (Å²) >= 11 is 0. The van der Waals surface area contributed by atoms with Crippen LogP contribution >= 0.6 is 0 Å². The van der Waals surface area contributed by atoms with Crippen molar-refractivity contribution < 1.29 is 9.15 Å². The summed E-state index contributed by atoms with van der Waals surface area (Å²) in [5, 5.41) is 3.29. The lowest BCUT2D eigenvalue weighted by Gasteiger charge is -2.14. The van der Waals surface area contributed by atoms with Crippen LogP contribution in [-0.2, 0) is 6.54 Å². The van der Waals surface area contributed by atoms with Gasteiger partial charge in [-0.2, -0.15) is 0 Å². The van der Waals surface area contributed by atoms with Gasteiger partial charge in [0.25, 0.3) is 11.6 Å². The molecule has 0 aromatic carbocycles. The molecule has 108 valence electrons. The topological polar surface area (TPSA) is 69.3 Å². The Morgan fingerprint density at radius 3 is 3.00 bits per heavy atom. The molecular weight excluding hydrogens is 258 g/mol. The number of aryl methyl sites for hydroxylation is 1. The molecule has 2 heterocycles. The summed E-state index contributed by atoms with van der Waals surface area (Å²) in [6, 6.07) is 5.69. The second-order valence-electron chi connectivity index (χ2n) is 4.57. The van der Waals surface area contributed by atoms with Crippen molar-refractivity contribution in [2.24, 2.45) is 0 Å². The lowest BCUT2D eigenvalue weighted by atomic mass is 10.2. The molecule has 0 aliphatic heterocycles. The van der Waals surface area contributed by atoms with E-state index in [1.165, 1.54) is 17.7 Å². The highest BCUT2D eigenvalue weighted by molar-refractivity contribution is 5.07. The fourth-order valence-corrected chi connectivity index (χ4v) is 1.99. The van der Waals surface area contributed by atoms with Crippen molar-refractivity contribution >= 4 is 0 Å².